The number of Topliss-reactive ketones (excluding diaryl/α,β-unsaturated/α-hetero) is 1. The minimum absolute atomic E-state index is 0.0746. The van der Waals surface area contributed by atoms with Crippen molar-refractivity contribution in [1.82, 2.24) is 0 Å². The highest BCUT2D eigenvalue weighted by Gasteiger charge is 2.40. The highest BCUT2D eigenvalue weighted by molar-refractivity contribution is 6.09. The molecule has 0 amide bonds. The van der Waals surface area contributed by atoms with Crippen molar-refractivity contribution in [3.63, 3.8) is 0 Å². The van der Waals surface area contributed by atoms with Gasteiger partial charge >= 0.3 is 5.97 Å². The van der Waals surface area contributed by atoms with Gasteiger partial charge in [0.15, 0.2) is 5.78 Å². The maximum Gasteiger partial charge on any atom is 0.317 e. The SMILES string of the molecule is CCOC(=O)C(C(=O)c1ccc(OC)cc1)[C@@H](C[N+](=O)[O-])c1ccccc1. The van der Waals surface area contributed by atoms with Crippen LogP contribution in [-0.2, 0) is 9.53 Å². The Morgan fingerprint density at radius 3 is 2.22 bits per heavy atom. The Kier molecular flexibility index (Phi) is 7.05. The molecule has 2 aromatic carbocycles. The van der Waals surface area contributed by atoms with Crippen LogP contribution in [0.2, 0.25) is 0 Å². The number of benzene rings is 2. The van der Waals surface area contributed by atoms with Crippen molar-refractivity contribution in [3.05, 3.63) is 75.8 Å². The van der Waals surface area contributed by atoms with Gasteiger partial charge in [0.25, 0.3) is 0 Å². The fraction of sp³-hybridized carbons (Fsp3) is 0.300. The Bertz CT molecular complexity index is 788. The number of hydrogen-bond donors (Lipinski definition) is 0. The average Bonchev–Trinajstić information content (AvgIpc) is 2.68. The molecule has 7 heteroatoms. The van der Waals surface area contributed by atoms with Crippen LogP contribution in [0.15, 0.2) is 54.6 Å². The molecule has 2 aromatic rings. The molecule has 0 aliphatic carbocycles. The molecule has 0 spiro atoms. The standard InChI is InChI=1S/C20H21NO6/c1-3-27-20(23)18(19(22)15-9-11-16(26-2)12-10-15)17(13-21(24)25)14-7-5-4-6-8-14/h4-12,17-18H,3,13H2,1-2H3/t17-,18?/m0/s1. The van der Waals surface area contributed by atoms with Crippen LogP contribution in [-0.4, -0.2) is 36.9 Å². The largest absolute Gasteiger partial charge is 0.497 e. The molecular formula is C20H21NO6. The first kappa shape index (κ1) is 20.1. The molecule has 142 valence electrons. The quantitative estimate of drug-likeness (QED) is 0.221. The van der Waals surface area contributed by atoms with Gasteiger partial charge in [0, 0.05) is 10.5 Å². The number of methoxy groups -OCH3 is 1. The highest BCUT2D eigenvalue weighted by Crippen LogP contribution is 2.30. The van der Waals surface area contributed by atoms with E-state index in [0.29, 0.717) is 11.3 Å². The minimum atomic E-state index is -1.31. The maximum absolute atomic E-state index is 13.1. The van der Waals surface area contributed by atoms with Crippen molar-refractivity contribution in [1.29, 1.82) is 0 Å². The zero-order valence-electron chi connectivity index (χ0n) is 15.2. The average molecular weight is 371 g/mol. The van der Waals surface area contributed by atoms with Gasteiger partial charge in [-0.05, 0) is 36.8 Å². The van der Waals surface area contributed by atoms with E-state index in [4.69, 9.17) is 9.47 Å². The van der Waals surface area contributed by atoms with E-state index in [1.807, 2.05) is 0 Å². The zero-order valence-corrected chi connectivity index (χ0v) is 15.2. The van der Waals surface area contributed by atoms with Crippen LogP contribution in [0.5, 0.6) is 5.75 Å². The summed E-state index contributed by atoms with van der Waals surface area (Å²) in [6.07, 6.45) is 0. The van der Waals surface area contributed by atoms with Crippen molar-refractivity contribution in [2.45, 2.75) is 12.8 Å². The van der Waals surface area contributed by atoms with E-state index in [1.54, 1.807) is 49.4 Å². The summed E-state index contributed by atoms with van der Waals surface area (Å²) in [6.45, 7) is 1.14. The van der Waals surface area contributed by atoms with Crippen molar-refractivity contribution >= 4 is 11.8 Å². The van der Waals surface area contributed by atoms with E-state index >= 15 is 0 Å². The fourth-order valence-corrected chi connectivity index (χ4v) is 2.89. The second kappa shape index (κ2) is 9.47. The monoisotopic (exact) mass is 371 g/mol. The summed E-state index contributed by atoms with van der Waals surface area (Å²) in [4.78, 5) is 36.4. The van der Waals surface area contributed by atoms with E-state index in [2.05, 4.69) is 0 Å². The predicted octanol–water partition coefficient (Wildman–Crippen LogP) is 3.12. The van der Waals surface area contributed by atoms with Crippen molar-refractivity contribution in [3.8, 4) is 5.75 Å². The summed E-state index contributed by atoms with van der Waals surface area (Å²) in [5.74, 6) is -2.98. The van der Waals surface area contributed by atoms with Gasteiger partial charge in [-0.15, -0.1) is 0 Å². The lowest BCUT2D eigenvalue weighted by Gasteiger charge is -2.22. The summed E-state index contributed by atoms with van der Waals surface area (Å²) in [5.41, 5.74) is 0.798. The number of carbonyl (C=O) groups is 2. The van der Waals surface area contributed by atoms with Gasteiger partial charge in [0.2, 0.25) is 6.54 Å². The third-order valence-corrected chi connectivity index (χ3v) is 4.17. The first-order valence-corrected chi connectivity index (χ1v) is 8.49. The summed E-state index contributed by atoms with van der Waals surface area (Å²) in [7, 11) is 1.50. The first-order valence-electron chi connectivity index (χ1n) is 8.49. The molecule has 0 aliphatic rings. The molecule has 0 aromatic heterocycles. The lowest BCUT2D eigenvalue weighted by Crippen LogP contribution is -2.35. The Labute approximate surface area is 157 Å². The van der Waals surface area contributed by atoms with Crippen LogP contribution in [0.1, 0.15) is 28.8 Å². The van der Waals surface area contributed by atoms with Gasteiger partial charge in [-0.2, -0.15) is 0 Å². The molecule has 1 unspecified atom stereocenters. The fourth-order valence-electron chi connectivity index (χ4n) is 2.89. The number of ketones is 1. The van der Waals surface area contributed by atoms with Crippen molar-refractivity contribution in [2.75, 3.05) is 20.3 Å². The van der Waals surface area contributed by atoms with Gasteiger partial charge in [-0.3, -0.25) is 19.7 Å². The smallest absolute Gasteiger partial charge is 0.317 e. The zero-order chi connectivity index (χ0) is 19.8. The highest BCUT2D eigenvalue weighted by atomic mass is 16.6. The van der Waals surface area contributed by atoms with Crippen LogP contribution < -0.4 is 4.74 Å². The molecule has 0 bridgehead atoms. The van der Waals surface area contributed by atoms with Gasteiger partial charge in [-0.25, -0.2) is 0 Å². The maximum atomic E-state index is 13.1. The molecule has 2 rings (SSSR count). The van der Waals surface area contributed by atoms with Crippen LogP contribution in [0.3, 0.4) is 0 Å². The Morgan fingerprint density at radius 1 is 1.07 bits per heavy atom. The number of rotatable bonds is 9. The minimum Gasteiger partial charge on any atom is -0.497 e. The molecule has 0 aliphatic heterocycles. The van der Waals surface area contributed by atoms with Crippen LogP contribution in [0, 0.1) is 16.0 Å². The van der Waals surface area contributed by atoms with Crippen LogP contribution in [0.25, 0.3) is 0 Å². The molecule has 0 heterocycles. The molecule has 0 N–H and O–H groups in total. The Morgan fingerprint density at radius 2 is 1.70 bits per heavy atom. The molecule has 2 atom stereocenters. The number of nitro groups is 1. The number of ether oxygens (including phenoxy) is 2. The van der Waals surface area contributed by atoms with E-state index in [0.717, 1.165) is 0 Å². The number of hydrogen-bond acceptors (Lipinski definition) is 6. The van der Waals surface area contributed by atoms with Crippen LogP contribution in [0.4, 0.5) is 0 Å². The molecule has 27 heavy (non-hydrogen) atoms. The van der Waals surface area contributed by atoms with Crippen LogP contribution >= 0.6 is 0 Å². The van der Waals surface area contributed by atoms with Crippen molar-refractivity contribution in [2.24, 2.45) is 5.92 Å². The molecule has 0 saturated carbocycles. The third-order valence-electron chi connectivity index (χ3n) is 4.17. The molecule has 7 nitrogen and oxygen atoms in total. The normalized spacial score (nSPS) is 12.7. The van der Waals surface area contributed by atoms with E-state index < -0.39 is 35.1 Å². The van der Waals surface area contributed by atoms with E-state index in [1.165, 1.54) is 19.2 Å². The Hall–Kier alpha value is -3.22. The van der Waals surface area contributed by atoms with E-state index in [-0.39, 0.29) is 12.2 Å². The van der Waals surface area contributed by atoms with Gasteiger partial charge < -0.3 is 9.47 Å². The lowest BCUT2D eigenvalue weighted by molar-refractivity contribution is -0.484. The number of esters is 1. The van der Waals surface area contributed by atoms with Gasteiger partial charge in [0.05, 0.1) is 19.6 Å². The second-order valence-electron chi connectivity index (χ2n) is 5.85. The lowest BCUT2D eigenvalue weighted by atomic mass is 9.81. The van der Waals surface area contributed by atoms with E-state index in [9.17, 15) is 19.7 Å². The summed E-state index contributed by atoms with van der Waals surface area (Å²) < 4.78 is 10.1. The topological polar surface area (TPSA) is 95.7 Å². The summed E-state index contributed by atoms with van der Waals surface area (Å²) in [6, 6.07) is 14.8. The predicted molar refractivity (Wildman–Crippen MR) is 98.5 cm³/mol. The number of carbonyl (C=O) groups excluding carboxylic acids is 2. The van der Waals surface area contributed by atoms with Gasteiger partial charge in [0.1, 0.15) is 11.7 Å². The summed E-state index contributed by atoms with van der Waals surface area (Å²) >= 11 is 0. The molecular weight excluding hydrogens is 350 g/mol. The first-order chi connectivity index (χ1) is 13.0. The third kappa shape index (κ3) is 5.13. The van der Waals surface area contributed by atoms with Gasteiger partial charge in [-0.1, -0.05) is 30.3 Å². The number of nitrogens with zero attached hydrogens (tertiary/aromatic N) is 1. The molecule has 0 saturated heterocycles. The molecule has 0 radical (unpaired) electrons. The molecule has 0 fully saturated rings. The second-order valence-corrected chi connectivity index (χ2v) is 5.85. The Balaban J connectivity index is 2.47. The van der Waals surface area contributed by atoms with Crippen molar-refractivity contribution < 1.29 is 24.0 Å². The summed E-state index contributed by atoms with van der Waals surface area (Å²) in [5, 5.41) is 11.2.